The second-order valence-corrected chi connectivity index (χ2v) is 7.06. The second-order valence-electron chi connectivity index (χ2n) is 6.60. The lowest BCUT2D eigenvalue weighted by atomic mass is 9.95. The molecule has 0 aromatic heterocycles. The zero-order valence-corrected chi connectivity index (χ0v) is 15.6. The standard InChI is InChI=1S/C18H19F3N4OS/c1-24-13(4-5-15(26)23-7-6-22)14-8-10(9-25(14)18(24)27)16-11(19)2-3-12(20)17(16)21/h2-3,10,18,27H,4-5,7-9H2,1H3,(H,23,26)/t10-,18?/m0/s1. The molecule has 2 aliphatic rings. The molecule has 27 heavy (non-hydrogen) atoms. The normalized spacial score (nSPS) is 21.5. The van der Waals surface area contributed by atoms with Crippen LogP contribution in [0.4, 0.5) is 13.2 Å². The summed E-state index contributed by atoms with van der Waals surface area (Å²) in [6, 6.07) is 3.56. The highest BCUT2D eigenvalue weighted by Crippen LogP contribution is 2.45. The summed E-state index contributed by atoms with van der Waals surface area (Å²) in [7, 11) is 1.84. The van der Waals surface area contributed by atoms with Crippen molar-refractivity contribution >= 4 is 18.5 Å². The van der Waals surface area contributed by atoms with Gasteiger partial charge in [-0.25, -0.2) is 13.2 Å². The summed E-state index contributed by atoms with van der Waals surface area (Å²) < 4.78 is 41.9. The van der Waals surface area contributed by atoms with E-state index in [2.05, 4.69) is 17.9 Å². The summed E-state index contributed by atoms with van der Waals surface area (Å²) in [5.41, 5.74) is 1.16. The number of nitrogens with zero attached hydrogens (tertiary/aromatic N) is 3. The van der Waals surface area contributed by atoms with Crippen molar-refractivity contribution in [2.75, 3.05) is 20.1 Å². The summed E-state index contributed by atoms with van der Waals surface area (Å²) in [6.45, 7) is 0.261. The van der Waals surface area contributed by atoms with E-state index in [1.165, 1.54) is 0 Å². The highest BCUT2D eigenvalue weighted by Gasteiger charge is 2.42. The highest BCUT2D eigenvalue weighted by molar-refractivity contribution is 7.80. The summed E-state index contributed by atoms with van der Waals surface area (Å²) >= 11 is 4.55. The molecule has 5 nitrogen and oxygen atoms in total. The number of carbonyl (C=O) groups is 1. The number of nitriles is 1. The summed E-state index contributed by atoms with van der Waals surface area (Å²) in [5.74, 6) is -3.75. The Labute approximate surface area is 160 Å². The van der Waals surface area contributed by atoms with Gasteiger partial charge >= 0.3 is 0 Å². The lowest BCUT2D eigenvalue weighted by molar-refractivity contribution is -0.120. The van der Waals surface area contributed by atoms with Gasteiger partial charge in [0.05, 0.1) is 6.07 Å². The molecule has 0 spiro atoms. The number of rotatable bonds is 5. The fraction of sp³-hybridized carbons (Fsp3) is 0.444. The Morgan fingerprint density at radius 3 is 2.78 bits per heavy atom. The van der Waals surface area contributed by atoms with Crippen LogP contribution in [-0.2, 0) is 4.79 Å². The molecule has 1 amide bonds. The third kappa shape index (κ3) is 3.58. The molecule has 9 heteroatoms. The van der Waals surface area contributed by atoms with Crippen molar-refractivity contribution in [2.24, 2.45) is 0 Å². The number of amides is 1. The molecule has 2 heterocycles. The van der Waals surface area contributed by atoms with Crippen LogP contribution in [0.15, 0.2) is 23.5 Å². The second kappa shape index (κ2) is 7.72. The number of thiol groups is 1. The van der Waals surface area contributed by atoms with Crippen LogP contribution in [0.3, 0.4) is 0 Å². The lowest BCUT2D eigenvalue weighted by Crippen LogP contribution is -2.33. The fourth-order valence-electron chi connectivity index (χ4n) is 3.72. The number of halogens is 3. The number of fused-ring (bicyclic) bond motifs is 1. The average molecular weight is 396 g/mol. The number of nitrogens with one attached hydrogen (secondary N) is 1. The fourth-order valence-corrected chi connectivity index (χ4v) is 4.09. The minimum atomic E-state index is -1.15. The van der Waals surface area contributed by atoms with E-state index in [0.717, 1.165) is 23.5 Å². The first kappa shape index (κ1) is 19.4. The van der Waals surface area contributed by atoms with E-state index in [-0.39, 0.29) is 29.9 Å². The Kier molecular flexibility index (Phi) is 5.56. The molecule has 1 aromatic carbocycles. The van der Waals surface area contributed by atoms with Gasteiger partial charge in [0.15, 0.2) is 11.6 Å². The third-order valence-electron chi connectivity index (χ3n) is 5.03. The summed E-state index contributed by atoms with van der Waals surface area (Å²) in [4.78, 5) is 15.6. The van der Waals surface area contributed by atoms with Crippen LogP contribution in [0.25, 0.3) is 0 Å². The number of benzene rings is 1. The van der Waals surface area contributed by atoms with Gasteiger partial charge in [-0.15, -0.1) is 12.6 Å². The number of hydrogen-bond acceptors (Lipinski definition) is 5. The monoisotopic (exact) mass is 396 g/mol. The lowest BCUT2D eigenvalue weighted by Gasteiger charge is -2.27. The van der Waals surface area contributed by atoms with Crippen LogP contribution in [-0.4, -0.2) is 41.3 Å². The predicted octanol–water partition coefficient (Wildman–Crippen LogP) is 2.68. The van der Waals surface area contributed by atoms with Gasteiger partial charge in [0.1, 0.15) is 17.9 Å². The average Bonchev–Trinajstić information content (AvgIpc) is 3.15. The third-order valence-corrected chi connectivity index (χ3v) is 5.65. The van der Waals surface area contributed by atoms with Crippen LogP contribution < -0.4 is 5.32 Å². The summed E-state index contributed by atoms with van der Waals surface area (Å²) in [6.07, 6.45) is 0.942. The molecule has 0 saturated carbocycles. The van der Waals surface area contributed by atoms with Gasteiger partial charge in [0.25, 0.3) is 0 Å². The van der Waals surface area contributed by atoms with Crippen LogP contribution in [0, 0.1) is 28.8 Å². The van der Waals surface area contributed by atoms with Crippen molar-refractivity contribution < 1.29 is 18.0 Å². The SMILES string of the molecule is CN1C(CCC(=O)NCC#N)=C2C[C@H](c3c(F)ccc(F)c3F)CN2C1S. The van der Waals surface area contributed by atoms with Crippen LogP contribution in [0.2, 0.25) is 0 Å². The largest absolute Gasteiger partial charge is 0.348 e. The Bertz CT molecular complexity index is 839. The van der Waals surface area contributed by atoms with Crippen molar-refractivity contribution in [1.82, 2.24) is 15.1 Å². The van der Waals surface area contributed by atoms with E-state index >= 15 is 0 Å². The van der Waals surface area contributed by atoms with Gasteiger partial charge in [-0.05, 0) is 25.0 Å². The molecule has 0 radical (unpaired) electrons. The van der Waals surface area contributed by atoms with E-state index in [9.17, 15) is 18.0 Å². The molecule has 2 aliphatic heterocycles. The molecule has 0 aliphatic carbocycles. The molecular weight excluding hydrogens is 377 g/mol. The molecule has 3 rings (SSSR count). The zero-order valence-electron chi connectivity index (χ0n) is 14.7. The molecular formula is C18H19F3N4OS. The number of carbonyl (C=O) groups excluding carboxylic acids is 1. The Hall–Kier alpha value is -2.34. The van der Waals surface area contributed by atoms with E-state index in [4.69, 9.17) is 5.26 Å². The van der Waals surface area contributed by atoms with Crippen molar-refractivity contribution in [3.8, 4) is 6.07 Å². The van der Waals surface area contributed by atoms with Crippen molar-refractivity contribution in [3.63, 3.8) is 0 Å². The molecule has 144 valence electrons. The first-order valence-corrected chi connectivity index (χ1v) is 9.03. The van der Waals surface area contributed by atoms with E-state index in [1.807, 2.05) is 22.9 Å². The van der Waals surface area contributed by atoms with Gasteiger partial charge in [-0.2, -0.15) is 5.26 Å². The zero-order chi connectivity index (χ0) is 19.7. The van der Waals surface area contributed by atoms with Gasteiger partial charge in [-0.3, -0.25) is 4.79 Å². The highest BCUT2D eigenvalue weighted by atomic mass is 32.1. The van der Waals surface area contributed by atoms with E-state index in [0.29, 0.717) is 19.4 Å². The first-order chi connectivity index (χ1) is 12.8. The maximum absolute atomic E-state index is 14.2. The number of hydrogen-bond donors (Lipinski definition) is 2. The van der Waals surface area contributed by atoms with Crippen molar-refractivity contribution in [1.29, 1.82) is 5.26 Å². The molecule has 1 unspecified atom stereocenters. The van der Waals surface area contributed by atoms with Crippen molar-refractivity contribution in [3.05, 3.63) is 46.5 Å². The predicted molar refractivity (Wildman–Crippen MR) is 95.8 cm³/mol. The van der Waals surface area contributed by atoms with Gasteiger partial charge in [-0.1, -0.05) is 0 Å². The quantitative estimate of drug-likeness (QED) is 0.457. The number of allylic oxidation sites excluding steroid dienone is 2. The molecule has 1 N–H and O–H groups in total. The Balaban J connectivity index is 1.82. The van der Waals surface area contributed by atoms with Gasteiger partial charge in [0.2, 0.25) is 5.91 Å². The van der Waals surface area contributed by atoms with Gasteiger partial charge in [0, 0.05) is 42.9 Å². The molecule has 0 bridgehead atoms. The van der Waals surface area contributed by atoms with Crippen molar-refractivity contribution in [2.45, 2.75) is 30.7 Å². The maximum atomic E-state index is 14.2. The minimum Gasteiger partial charge on any atom is -0.348 e. The molecule has 1 saturated heterocycles. The van der Waals surface area contributed by atoms with E-state index in [1.54, 1.807) is 0 Å². The first-order valence-electron chi connectivity index (χ1n) is 8.51. The molecule has 1 fully saturated rings. The molecule has 1 aromatic rings. The molecule has 2 atom stereocenters. The Morgan fingerprint density at radius 1 is 1.37 bits per heavy atom. The smallest absolute Gasteiger partial charge is 0.221 e. The topological polar surface area (TPSA) is 59.4 Å². The van der Waals surface area contributed by atoms with Crippen LogP contribution in [0.5, 0.6) is 0 Å². The maximum Gasteiger partial charge on any atom is 0.221 e. The Morgan fingerprint density at radius 2 is 2.07 bits per heavy atom. The van der Waals surface area contributed by atoms with Crippen LogP contribution >= 0.6 is 12.6 Å². The van der Waals surface area contributed by atoms with Crippen LogP contribution in [0.1, 0.15) is 30.7 Å². The minimum absolute atomic E-state index is 0.0535. The summed E-state index contributed by atoms with van der Waals surface area (Å²) in [5, 5.41) is 11.0. The van der Waals surface area contributed by atoms with Gasteiger partial charge < -0.3 is 15.1 Å². The van der Waals surface area contributed by atoms with E-state index < -0.39 is 23.4 Å².